The summed E-state index contributed by atoms with van der Waals surface area (Å²) < 4.78 is 11.2. The van der Waals surface area contributed by atoms with Crippen LogP contribution >= 0.6 is 22.6 Å². The Bertz CT molecular complexity index is 51.6. The minimum atomic E-state index is 0.855. The molecule has 0 aliphatic heterocycles. The maximum Gasteiger partial charge on any atom is 0.0555 e. The van der Waals surface area contributed by atoms with Gasteiger partial charge in [-0.2, -0.15) is 0 Å². The molecular formula is C7H15IO2. The third kappa shape index (κ3) is 8.65. The quantitative estimate of drug-likeness (QED) is 0.394. The number of unbranched alkanes of at least 4 members (excludes halogenated alkanes) is 1. The van der Waals surface area contributed by atoms with Crippen molar-refractivity contribution in [2.24, 2.45) is 0 Å². The molecule has 0 rings (SSSR count). The normalized spacial score (nSPS) is 10.2. The summed E-state index contributed by atoms with van der Waals surface area (Å²) in [7, 11) is 1.73. The molecule has 0 aromatic rings. The second kappa shape index (κ2) is 9.65. The number of ether oxygens (including phenoxy) is 2. The zero-order valence-corrected chi connectivity index (χ0v) is 8.59. The summed E-state index contributed by atoms with van der Waals surface area (Å²) in [5.41, 5.74) is 0. The van der Waals surface area contributed by atoms with E-state index in [0.29, 0.717) is 0 Å². The first-order chi connectivity index (χ1) is 4.91. The van der Waals surface area contributed by atoms with Crippen molar-refractivity contribution < 1.29 is 9.47 Å². The Balaban J connectivity index is 2.65. The van der Waals surface area contributed by atoms with Gasteiger partial charge in [0, 0.05) is 24.8 Å². The van der Waals surface area contributed by atoms with Gasteiger partial charge in [-0.3, -0.25) is 0 Å². The third-order valence-electron chi connectivity index (χ3n) is 1.11. The largest absolute Gasteiger partial charge is 0.385 e. The maximum absolute atomic E-state index is 5.27. The summed E-state index contributed by atoms with van der Waals surface area (Å²) in [5, 5.41) is 0. The van der Waals surface area contributed by atoms with Crippen LogP contribution in [0.5, 0.6) is 0 Å². The first kappa shape index (κ1) is 10.7. The van der Waals surface area contributed by atoms with Crippen molar-refractivity contribution in [3.63, 3.8) is 0 Å². The van der Waals surface area contributed by atoms with E-state index in [-0.39, 0.29) is 0 Å². The lowest BCUT2D eigenvalue weighted by molar-refractivity contribution is 0.132. The fraction of sp³-hybridized carbons (Fsp3) is 1.00. The summed E-state index contributed by atoms with van der Waals surface area (Å²) >= 11 is 2.31. The van der Waals surface area contributed by atoms with Gasteiger partial charge in [0.05, 0.1) is 6.61 Å². The standard InChI is InChI=1S/C7H15IO2/c1-9-5-2-3-6-10-7-4-8/h2-7H2,1H3. The summed E-state index contributed by atoms with van der Waals surface area (Å²) in [6.07, 6.45) is 2.22. The van der Waals surface area contributed by atoms with Crippen molar-refractivity contribution in [3.05, 3.63) is 0 Å². The number of hydrogen-bond donors (Lipinski definition) is 0. The van der Waals surface area contributed by atoms with Crippen LogP contribution in [-0.4, -0.2) is 31.4 Å². The number of hydrogen-bond acceptors (Lipinski definition) is 2. The van der Waals surface area contributed by atoms with Crippen LogP contribution in [0.1, 0.15) is 12.8 Å². The van der Waals surface area contributed by atoms with Gasteiger partial charge >= 0.3 is 0 Å². The monoisotopic (exact) mass is 258 g/mol. The lowest BCUT2D eigenvalue weighted by Crippen LogP contribution is -1.99. The van der Waals surface area contributed by atoms with E-state index in [4.69, 9.17) is 9.47 Å². The molecule has 0 unspecified atom stereocenters. The molecule has 0 amide bonds. The third-order valence-corrected chi connectivity index (χ3v) is 1.55. The van der Waals surface area contributed by atoms with Crippen molar-refractivity contribution in [1.29, 1.82) is 0 Å². The van der Waals surface area contributed by atoms with Gasteiger partial charge in [-0.05, 0) is 12.8 Å². The van der Waals surface area contributed by atoms with Gasteiger partial charge in [0.25, 0.3) is 0 Å². The highest BCUT2D eigenvalue weighted by Gasteiger charge is 1.87. The minimum absolute atomic E-state index is 0.855. The summed E-state index contributed by atoms with van der Waals surface area (Å²) in [6, 6.07) is 0. The van der Waals surface area contributed by atoms with Crippen LogP contribution in [0.15, 0.2) is 0 Å². The molecule has 0 saturated carbocycles. The van der Waals surface area contributed by atoms with Crippen LogP contribution in [0.4, 0.5) is 0 Å². The number of alkyl halides is 1. The molecule has 0 heterocycles. The van der Waals surface area contributed by atoms with Crippen molar-refractivity contribution in [2.45, 2.75) is 12.8 Å². The van der Waals surface area contributed by atoms with E-state index in [1.807, 2.05) is 0 Å². The van der Waals surface area contributed by atoms with E-state index in [9.17, 15) is 0 Å². The molecule has 0 saturated heterocycles. The number of methoxy groups -OCH3 is 1. The van der Waals surface area contributed by atoms with E-state index < -0.39 is 0 Å². The fourth-order valence-electron chi connectivity index (χ4n) is 0.607. The highest BCUT2D eigenvalue weighted by Crippen LogP contribution is 1.91. The minimum Gasteiger partial charge on any atom is -0.385 e. The van der Waals surface area contributed by atoms with E-state index in [0.717, 1.165) is 37.1 Å². The van der Waals surface area contributed by atoms with Gasteiger partial charge in [-0.15, -0.1) is 0 Å². The molecule has 2 nitrogen and oxygen atoms in total. The van der Waals surface area contributed by atoms with E-state index in [2.05, 4.69) is 22.6 Å². The molecule has 0 aliphatic carbocycles. The van der Waals surface area contributed by atoms with Gasteiger partial charge in [-0.1, -0.05) is 22.6 Å². The molecule has 0 spiro atoms. The molecule has 10 heavy (non-hydrogen) atoms. The van der Waals surface area contributed by atoms with Crippen molar-refractivity contribution in [1.82, 2.24) is 0 Å². The van der Waals surface area contributed by atoms with Gasteiger partial charge in [0.15, 0.2) is 0 Å². The average molecular weight is 258 g/mol. The van der Waals surface area contributed by atoms with Crippen LogP contribution in [0.25, 0.3) is 0 Å². The highest BCUT2D eigenvalue weighted by atomic mass is 127. The molecule has 0 bridgehead atoms. The van der Waals surface area contributed by atoms with Crippen molar-refractivity contribution >= 4 is 22.6 Å². The maximum atomic E-state index is 5.27. The number of halogens is 1. The Morgan fingerprint density at radius 1 is 1.10 bits per heavy atom. The lowest BCUT2D eigenvalue weighted by Gasteiger charge is -2.00. The molecule has 0 radical (unpaired) electrons. The van der Waals surface area contributed by atoms with E-state index in [1.54, 1.807) is 7.11 Å². The first-order valence-electron chi connectivity index (χ1n) is 3.54. The zero-order chi connectivity index (χ0) is 7.66. The molecule has 0 aliphatic rings. The highest BCUT2D eigenvalue weighted by molar-refractivity contribution is 14.1. The van der Waals surface area contributed by atoms with Crippen LogP contribution in [-0.2, 0) is 9.47 Å². The lowest BCUT2D eigenvalue weighted by atomic mass is 10.3. The van der Waals surface area contributed by atoms with Crippen LogP contribution in [0.2, 0.25) is 0 Å². The Hall–Kier alpha value is 0.650. The van der Waals surface area contributed by atoms with Gasteiger partial charge in [0.1, 0.15) is 0 Å². The van der Waals surface area contributed by atoms with Crippen LogP contribution in [0, 0.1) is 0 Å². The molecule has 0 N–H and O–H groups in total. The van der Waals surface area contributed by atoms with Crippen LogP contribution < -0.4 is 0 Å². The van der Waals surface area contributed by atoms with Crippen LogP contribution in [0.3, 0.4) is 0 Å². The smallest absolute Gasteiger partial charge is 0.0555 e. The molecule has 62 valence electrons. The molecule has 3 heteroatoms. The SMILES string of the molecule is COCCCCOCCI. The number of rotatable bonds is 7. The Kier molecular flexibility index (Phi) is 10.3. The second-order valence-corrected chi connectivity index (χ2v) is 3.08. The predicted octanol–water partition coefficient (Wildman–Crippen LogP) is 1.86. The van der Waals surface area contributed by atoms with Crippen molar-refractivity contribution in [3.8, 4) is 0 Å². The Labute approximate surface area is 76.4 Å². The average Bonchev–Trinajstić information content (AvgIpc) is 1.97. The fourth-order valence-corrected chi connectivity index (χ4v) is 0.919. The second-order valence-electron chi connectivity index (χ2n) is 2.00. The summed E-state index contributed by atoms with van der Waals surface area (Å²) in [4.78, 5) is 0. The van der Waals surface area contributed by atoms with E-state index >= 15 is 0 Å². The first-order valence-corrected chi connectivity index (χ1v) is 5.07. The van der Waals surface area contributed by atoms with E-state index in [1.165, 1.54) is 0 Å². The van der Waals surface area contributed by atoms with Gasteiger partial charge in [-0.25, -0.2) is 0 Å². The summed E-state index contributed by atoms with van der Waals surface area (Å²) in [6.45, 7) is 2.62. The molecule has 0 atom stereocenters. The Morgan fingerprint density at radius 3 is 2.40 bits per heavy atom. The predicted molar refractivity (Wildman–Crippen MR) is 50.8 cm³/mol. The van der Waals surface area contributed by atoms with Gasteiger partial charge < -0.3 is 9.47 Å². The zero-order valence-electron chi connectivity index (χ0n) is 6.44. The molecular weight excluding hydrogens is 243 g/mol. The Morgan fingerprint density at radius 2 is 1.80 bits per heavy atom. The summed E-state index contributed by atoms with van der Waals surface area (Å²) in [5.74, 6) is 0. The van der Waals surface area contributed by atoms with Crippen molar-refractivity contribution in [2.75, 3.05) is 31.4 Å². The molecule has 0 aromatic carbocycles. The topological polar surface area (TPSA) is 18.5 Å². The molecule has 0 aromatic heterocycles. The van der Waals surface area contributed by atoms with Gasteiger partial charge in [0.2, 0.25) is 0 Å². The molecule has 0 fully saturated rings.